The number of nitrogens with one attached hydrogen (secondary N) is 1. The fourth-order valence-corrected chi connectivity index (χ4v) is 3.67. The molecule has 140 valence electrons. The Bertz CT molecular complexity index is 966. The van der Waals surface area contributed by atoms with Gasteiger partial charge in [0, 0.05) is 44.7 Å². The molecule has 0 fully saturated rings. The largest absolute Gasteiger partial charge is 0.305 e. The second kappa shape index (κ2) is 7.40. The highest BCUT2D eigenvalue weighted by Gasteiger charge is 2.23. The molecule has 8 nitrogen and oxygen atoms in total. The van der Waals surface area contributed by atoms with E-state index < -0.39 is 0 Å². The Morgan fingerprint density at radius 3 is 2.93 bits per heavy atom. The molecule has 0 aliphatic carbocycles. The summed E-state index contributed by atoms with van der Waals surface area (Å²) in [5.74, 6) is 0.616. The number of nitrogens with zero attached hydrogens (tertiary/aromatic N) is 4. The molecule has 2 aliphatic heterocycles. The lowest BCUT2D eigenvalue weighted by atomic mass is 10.0. The van der Waals surface area contributed by atoms with Crippen LogP contribution < -0.4 is 5.56 Å². The van der Waals surface area contributed by atoms with Crippen molar-refractivity contribution in [2.24, 2.45) is 4.99 Å². The molecule has 2 aliphatic rings. The lowest BCUT2D eigenvalue weighted by Gasteiger charge is -2.27. The Hall–Kier alpha value is -2.87. The number of aromatic amines is 1. The Kier molecular flexibility index (Phi) is 4.81. The molecule has 4 rings (SSSR count). The Morgan fingerprint density at radius 1 is 1.26 bits per heavy atom. The first kappa shape index (κ1) is 17.5. The quantitative estimate of drug-likeness (QED) is 0.659. The minimum Gasteiger partial charge on any atom is -0.305 e. The zero-order valence-corrected chi connectivity index (χ0v) is 15.0. The van der Waals surface area contributed by atoms with E-state index in [1.54, 1.807) is 12.1 Å². The van der Waals surface area contributed by atoms with Crippen molar-refractivity contribution < 1.29 is 4.92 Å². The third kappa shape index (κ3) is 3.80. The number of aromatic nitrogens is 2. The Morgan fingerprint density at radius 2 is 2.15 bits per heavy atom. The molecule has 0 radical (unpaired) electrons. The molecule has 0 spiro atoms. The first-order valence-electron chi connectivity index (χ1n) is 9.21. The van der Waals surface area contributed by atoms with Crippen LogP contribution in [0.1, 0.15) is 41.9 Å². The van der Waals surface area contributed by atoms with Gasteiger partial charge in [-0.1, -0.05) is 12.1 Å². The summed E-state index contributed by atoms with van der Waals surface area (Å²) in [5.41, 5.74) is 3.28. The molecule has 3 heterocycles. The van der Waals surface area contributed by atoms with E-state index in [-0.39, 0.29) is 16.2 Å². The molecule has 0 unspecified atom stereocenters. The van der Waals surface area contributed by atoms with Crippen LogP contribution in [0.4, 0.5) is 5.69 Å². The zero-order valence-electron chi connectivity index (χ0n) is 15.0. The van der Waals surface area contributed by atoms with Crippen molar-refractivity contribution in [3.8, 4) is 0 Å². The van der Waals surface area contributed by atoms with Gasteiger partial charge in [0.15, 0.2) is 5.82 Å². The second-order valence-corrected chi connectivity index (χ2v) is 7.01. The summed E-state index contributed by atoms with van der Waals surface area (Å²) >= 11 is 0. The molecule has 0 amide bonds. The molecule has 2 aromatic rings. The van der Waals surface area contributed by atoms with Gasteiger partial charge in [-0.3, -0.25) is 24.8 Å². The molecule has 0 bridgehead atoms. The highest BCUT2D eigenvalue weighted by molar-refractivity contribution is 5.97. The van der Waals surface area contributed by atoms with Crippen molar-refractivity contribution in [3.63, 3.8) is 0 Å². The maximum atomic E-state index is 12.6. The van der Waals surface area contributed by atoms with Crippen molar-refractivity contribution in [1.29, 1.82) is 0 Å². The number of fused-ring (bicyclic) bond motifs is 1. The summed E-state index contributed by atoms with van der Waals surface area (Å²) in [5, 5.41) is 10.9. The van der Waals surface area contributed by atoms with Crippen LogP contribution in [0.25, 0.3) is 0 Å². The highest BCUT2D eigenvalue weighted by atomic mass is 16.6. The number of hydrogen-bond donors (Lipinski definition) is 1. The molecule has 27 heavy (non-hydrogen) atoms. The van der Waals surface area contributed by atoms with Gasteiger partial charge in [0.1, 0.15) is 0 Å². The maximum absolute atomic E-state index is 12.6. The normalized spacial score (nSPS) is 17.3. The van der Waals surface area contributed by atoms with Gasteiger partial charge in [0.25, 0.3) is 11.2 Å². The molecular formula is C19H21N5O3. The Balaban J connectivity index is 1.53. The summed E-state index contributed by atoms with van der Waals surface area (Å²) in [6, 6.07) is 6.63. The molecule has 0 atom stereocenters. The van der Waals surface area contributed by atoms with Crippen LogP contribution >= 0.6 is 0 Å². The number of benzene rings is 1. The van der Waals surface area contributed by atoms with E-state index in [1.807, 2.05) is 6.07 Å². The number of hydrogen-bond acceptors (Lipinski definition) is 6. The molecule has 1 aromatic carbocycles. The van der Waals surface area contributed by atoms with Crippen LogP contribution in [0.5, 0.6) is 0 Å². The fraction of sp³-hybridized carbons (Fsp3) is 0.421. The first-order valence-corrected chi connectivity index (χ1v) is 9.21. The third-order valence-electron chi connectivity index (χ3n) is 5.07. The van der Waals surface area contributed by atoms with Crippen LogP contribution in [0.3, 0.4) is 0 Å². The lowest BCUT2D eigenvalue weighted by Crippen LogP contribution is -2.36. The molecular weight excluding hydrogens is 346 g/mol. The number of aliphatic imine (C=N–C) groups is 1. The molecule has 8 heteroatoms. The van der Waals surface area contributed by atoms with E-state index in [0.717, 1.165) is 49.3 Å². The predicted octanol–water partition coefficient (Wildman–Crippen LogP) is 2.21. The van der Waals surface area contributed by atoms with Crippen molar-refractivity contribution in [2.75, 3.05) is 13.1 Å². The van der Waals surface area contributed by atoms with E-state index in [1.165, 1.54) is 6.07 Å². The van der Waals surface area contributed by atoms with Crippen molar-refractivity contribution in [2.45, 2.75) is 38.8 Å². The SMILES string of the molecule is O=c1[nH]c(C2=NCCCC2)nc2c1CN(Cc1cccc([N+](=O)[O-])c1)CC2. The second-order valence-electron chi connectivity index (χ2n) is 7.01. The van der Waals surface area contributed by atoms with E-state index in [9.17, 15) is 14.9 Å². The van der Waals surface area contributed by atoms with Crippen LogP contribution in [0, 0.1) is 10.1 Å². The van der Waals surface area contributed by atoms with E-state index in [4.69, 9.17) is 0 Å². The van der Waals surface area contributed by atoms with E-state index in [2.05, 4.69) is 19.9 Å². The van der Waals surface area contributed by atoms with Crippen molar-refractivity contribution in [3.05, 3.63) is 67.4 Å². The highest BCUT2D eigenvalue weighted by Crippen LogP contribution is 2.20. The number of non-ortho nitro benzene ring substituents is 1. The number of rotatable bonds is 4. The minimum atomic E-state index is -0.390. The average Bonchev–Trinajstić information content (AvgIpc) is 2.69. The van der Waals surface area contributed by atoms with Gasteiger partial charge in [-0.25, -0.2) is 4.98 Å². The number of nitro benzene ring substituents is 1. The van der Waals surface area contributed by atoms with Crippen LogP contribution in [0.15, 0.2) is 34.1 Å². The average molecular weight is 367 g/mol. The van der Waals surface area contributed by atoms with Gasteiger partial charge >= 0.3 is 0 Å². The smallest absolute Gasteiger partial charge is 0.269 e. The molecule has 0 saturated heterocycles. The Labute approximate surface area is 156 Å². The van der Waals surface area contributed by atoms with Crippen LogP contribution in [-0.4, -0.2) is 38.6 Å². The van der Waals surface area contributed by atoms with E-state index in [0.29, 0.717) is 30.9 Å². The summed E-state index contributed by atoms with van der Waals surface area (Å²) in [7, 11) is 0. The van der Waals surface area contributed by atoms with Crippen molar-refractivity contribution >= 4 is 11.4 Å². The predicted molar refractivity (Wildman–Crippen MR) is 101 cm³/mol. The van der Waals surface area contributed by atoms with Crippen LogP contribution in [0.2, 0.25) is 0 Å². The van der Waals surface area contributed by atoms with Crippen molar-refractivity contribution in [1.82, 2.24) is 14.9 Å². The third-order valence-corrected chi connectivity index (χ3v) is 5.07. The topological polar surface area (TPSA) is 104 Å². The van der Waals surface area contributed by atoms with Gasteiger partial charge in [-0.15, -0.1) is 0 Å². The zero-order chi connectivity index (χ0) is 18.8. The van der Waals surface area contributed by atoms with Gasteiger partial charge in [0.2, 0.25) is 0 Å². The van der Waals surface area contributed by atoms with Crippen LogP contribution in [-0.2, 0) is 19.5 Å². The molecule has 1 aromatic heterocycles. The molecule has 1 N–H and O–H groups in total. The summed E-state index contributed by atoms with van der Waals surface area (Å²) in [6.07, 6.45) is 3.72. The molecule has 0 saturated carbocycles. The fourth-order valence-electron chi connectivity index (χ4n) is 3.67. The minimum absolute atomic E-state index is 0.0855. The van der Waals surface area contributed by atoms with Gasteiger partial charge in [-0.2, -0.15) is 0 Å². The number of nitro groups is 1. The summed E-state index contributed by atoms with van der Waals surface area (Å²) in [4.78, 5) is 37.4. The number of H-pyrrole nitrogens is 1. The van der Waals surface area contributed by atoms with Gasteiger partial charge in [-0.05, 0) is 24.8 Å². The maximum Gasteiger partial charge on any atom is 0.269 e. The lowest BCUT2D eigenvalue weighted by molar-refractivity contribution is -0.384. The summed E-state index contributed by atoms with van der Waals surface area (Å²) in [6.45, 7) is 2.62. The monoisotopic (exact) mass is 367 g/mol. The first-order chi connectivity index (χ1) is 13.1. The standard InChI is InChI=1S/C19H21N5O3/c25-19-15-12-23(11-13-4-3-5-14(10-13)24(26)27)9-7-16(15)21-18(22-19)17-6-1-2-8-20-17/h3-5,10H,1-2,6-9,11-12H2,(H,21,22,25). The van der Waals surface area contributed by atoms with E-state index >= 15 is 0 Å². The summed E-state index contributed by atoms with van der Waals surface area (Å²) < 4.78 is 0. The van der Waals surface area contributed by atoms with Gasteiger partial charge < -0.3 is 4.98 Å². The van der Waals surface area contributed by atoms with Gasteiger partial charge in [0.05, 0.1) is 21.9 Å².